The number of piperidine rings is 1. The summed E-state index contributed by atoms with van der Waals surface area (Å²) in [6.07, 6.45) is 3.94. The van der Waals surface area contributed by atoms with Crippen molar-refractivity contribution in [3.63, 3.8) is 0 Å². The maximum absolute atomic E-state index is 12.5. The lowest BCUT2D eigenvalue weighted by atomic mass is 10.00. The van der Waals surface area contributed by atoms with Crippen molar-refractivity contribution in [2.75, 3.05) is 27.2 Å². The largest absolute Gasteiger partial charge is 0.341 e. The van der Waals surface area contributed by atoms with E-state index in [1.165, 1.54) is 12.0 Å². The molecular weight excluding hydrogens is 272 g/mol. The molecule has 2 rings (SSSR count). The Labute approximate surface area is 135 Å². The van der Waals surface area contributed by atoms with Crippen LogP contribution in [0.4, 0.5) is 0 Å². The molecule has 22 heavy (non-hydrogen) atoms. The fourth-order valence-corrected chi connectivity index (χ4v) is 3.15. The summed E-state index contributed by atoms with van der Waals surface area (Å²) in [6, 6.07) is 9.07. The number of likely N-dealkylation sites (tertiary alicyclic amines) is 1. The van der Waals surface area contributed by atoms with Crippen LogP contribution in [0, 0.1) is 5.92 Å². The monoisotopic (exact) mass is 302 g/mol. The fourth-order valence-electron chi connectivity index (χ4n) is 3.15. The molecule has 1 unspecified atom stereocenters. The Balaban J connectivity index is 1.91. The first-order valence-electron chi connectivity index (χ1n) is 8.47. The molecule has 1 atom stereocenters. The Morgan fingerprint density at radius 2 is 1.86 bits per heavy atom. The third kappa shape index (κ3) is 4.84. The van der Waals surface area contributed by atoms with Crippen molar-refractivity contribution < 1.29 is 4.79 Å². The summed E-state index contributed by atoms with van der Waals surface area (Å²) in [5, 5.41) is 0. The average molecular weight is 302 g/mol. The van der Waals surface area contributed by atoms with Crippen molar-refractivity contribution in [3.05, 3.63) is 35.4 Å². The second-order valence-corrected chi connectivity index (χ2v) is 7.19. The van der Waals surface area contributed by atoms with Crippen molar-refractivity contribution in [1.29, 1.82) is 0 Å². The van der Waals surface area contributed by atoms with E-state index in [0.29, 0.717) is 18.4 Å². The van der Waals surface area contributed by atoms with E-state index >= 15 is 0 Å². The lowest BCUT2D eigenvalue weighted by Gasteiger charge is -2.36. The summed E-state index contributed by atoms with van der Waals surface area (Å²) < 4.78 is 0. The molecular formula is C19H30N2O. The number of hydrogen-bond acceptors (Lipinski definition) is 2. The van der Waals surface area contributed by atoms with Crippen LogP contribution in [-0.4, -0.2) is 48.9 Å². The van der Waals surface area contributed by atoms with Crippen molar-refractivity contribution in [3.8, 4) is 0 Å². The van der Waals surface area contributed by atoms with Gasteiger partial charge in [-0.15, -0.1) is 0 Å². The average Bonchev–Trinajstić information content (AvgIpc) is 2.49. The molecule has 1 saturated heterocycles. The third-order valence-corrected chi connectivity index (χ3v) is 4.50. The number of carbonyl (C=O) groups is 1. The van der Waals surface area contributed by atoms with Gasteiger partial charge < -0.3 is 9.80 Å². The molecule has 0 radical (unpaired) electrons. The van der Waals surface area contributed by atoms with Gasteiger partial charge in [-0.2, -0.15) is 0 Å². The molecule has 3 nitrogen and oxygen atoms in total. The molecule has 0 aromatic heterocycles. The Hall–Kier alpha value is -1.35. The highest BCUT2D eigenvalue weighted by Crippen LogP contribution is 2.16. The van der Waals surface area contributed by atoms with Crippen LogP contribution in [0.3, 0.4) is 0 Å². The second-order valence-electron chi connectivity index (χ2n) is 7.19. The number of carbonyl (C=O) groups excluding carboxylic acids is 1. The van der Waals surface area contributed by atoms with E-state index in [4.69, 9.17) is 0 Å². The molecule has 1 fully saturated rings. The van der Waals surface area contributed by atoms with Crippen LogP contribution in [0.5, 0.6) is 0 Å². The summed E-state index contributed by atoms with van der Waals surface area (Å²) in [5.41, 5.74) is 2.49. The number of hydrogen-bond donors (Lipinski definition) is 0. The molecule has 0 N–H and O–H groups in total. The van der Waals surface area contributed by atoms with Gasteiger partial charge >= 0.3 is 0 Å². The van der Waals surface area contributed by atoms with Crippen LogP contribution in [-0.2, 0) is 17.6 Å². The van der Waals surface area contributed by atoms with Crippen molar-refractivity contribution >= 4 is 5.91 Å². The van der Waals surface area contributed by atoms with Gasteiger partial charge in [-0.3, -0.25) is 4.79 Å². The Morgan fingerprint density at radius 1 is 1.23 bits per heavy atom. The third-order valence-electron chi connectivity index (χ3n) is 4.50. The van der Waals surface area contributed by atoms with E-state index in [1.54, 1.807) is 0 Å². The van der Waals surface area contributed by atoms with Gasteiger partial charge in [0.15, 0.2) is 0 Å². The molecule has 3 heteroatoms. The number of benzene rings is 1. The highest BCUT2D eigenvalue weighted by atomic mass is 16.2. The van der Waals surface area contributed by atoms with Crippen LogP contribution in [0.15, 0.2) is 24.3 Å². The highest BCUT2D eigenvalue weighted by Gasteiger charge is 2.24. The molecule has 0 spiro atoms. The minimum atomic E-state index is 0.267. The number of nitrogens with zero attached hydrogens (tertiary/aromatic N) is 2. The zero-order valence-electron chi connectivity index (χ0n) is 14.5. The highest BCUT2D eigenvalue weighted by molar-refractivity contribution is 5.79. The SMILES string of the molecule is CC(C)Cc1ccc(CC(=O)N2CCCC(N(C)C)C2)cc1. The van der Waals surface area contributed by atoms with E-state index < -0.39 is 0 Å². The first kappa shape index (κ1) is 17.0. The van der Waals surface area contributed by atoms with Gasteiger partial charge in [0, 0.05) is 19.1 Å². The summed E-state index contributed by atoms with van der Waals surface area (Å²) in [4.78, 5) is 16.8. The van der Waals surface area contributed by atoms with Crippen molar-refractivity contribution in [2.24, 2.45) is 5.92 Å². The van der Waals surface area contributed by atoms with Gasteiger partial charge in [0.05, 0.1) is 6.42 Å². The van der Waals surface area contributed by atoms with Gasteiger partial charge in [-0.1, -0.05) is 38.1 Å². The van der Waals surface area contributed by atoms with E-state index in [1.807, 2.05) is 4.90 Å². The molecule has 1 heterocycles. The Kier molecular flexibility index (Phi) is 6.01. The molecule has 1 aliphatic heterocycles. The predicted molar refractivity (Wildman–Crippen MR) is 92.0 cm³/mol. The molecule has 0 bridgehead atoms. The van der Waals surface area contributed by atoms with Gasteiger partial charge in [0.25, 0.3) is 0 Å². The molecule has 0 saturated carbocycles. The minimum Gasteiger partial charge on any atom is -0.341 e. The first-order chi connectivity index (χ1) is 10.5. The molecule has 1 aromatic rings. The quantitative estimate of drug-likeness (QED) is 0.835. The van der Waals surface area contributed by atoms with Crippen LogP contribution >= 0.6 is 0 Å². The van der Waals surface area contributed by atoms with E-state index in [2.05, 4.69) is 57.1 Å². The van der Waals surface area contributed by atoms with Crippen molar-refractivity contribution in [1.82, 2.24) is 9.80 Å². The van der Waals surface area contributed by atoms with Crippen LogP contribution < -0.4 is 0 Å². The maximum atomic E-state index is 12.5. The van der Waals surface area contributed by atoms with Gasteiger partial charge in [0.1, 0.15) is 0 Å². The minimum absolute atomic E-state index is 0.267. The predicted octanol–water partition coefficient (Wildman–Crippen LogP) is 2.98. The second kappa shape index (κ2) is 7.77. The van der Waals surface area contributed by atoms with Crippen LogP contribution in [0.2, 0.25) is 0 Å². The smallest absolute Gasteiger partial charge is 0.227 e. The number of rotatable bonds is 5. The summed E-state index contributed by atoms with van der Waals surface area (Å²) in [7, 11) is 4.21. The van der Waals surface area contributed by atoms with Crippen LogP contribution in [0.1, 0.15) is 37.8 Å². The van der Waals surface area contributed by atoms with Crippen LogP contribution in [0.25, 0.3) is 0 Å². The van der Waals surface area contributed by atoms with Crippen molar-refractivity contribution in [2.45, 2.75) is 45.6 Å². The maximum Gasteiger partial charge on any atom is 0.227 e. The van der Waals surface area contributed by atoms with E-state index in [-0.39, 0.29) is 5.91 Å². The first-order valence-corrected chi connectivity index (χ1v) is 8.47. The normalized spacial score (nSPS) is 19.0. The standard InChI is InChI=1S/C19H30N2O/c1-15(2)12-16-7-9-17(10-8-16)13-19(22)21-11-5-6-18(14-21)20(3)4/h7-10,15,18H,5-6,11-14H2,1-4H3. The Bertz CT molecular complexity index is 479. The number of likely N-dealkylation sites (N-methyl/N-ethyl adjacent to an activating group) is 1. The summed E-state index contributed by atoms with van der Waals surface area (Å²) in [5.74, 6) is 0.937. The lowest BCUT2D eigenvalue weighted by molar-refractivity contribution is -0.132. The van der Waals surface area contributed by atoms with E-state index in [9.17, 15) is 4.79 Å². The molecule has 1 amide bonds. The fraction of sp³-hybridized carbons (Fsp3) is 0.632. The Morgan fingerprint density at radius 3 is 2.45 bits per heavy atom. The lowest BCUT2D eigenvalue weighted by Crippen LogP contribution is -2.47. The topological polar surface area (TPSA) is 23.6 Å². The van der Waals surface area contributed by atoms with Gasteiger partial charge in [0.2, 0.25) is 5.91 Å². The van der Waals surface area contributed by atoms with E-state index in [0.717, 1.165) is 31.5 Å². The molecule has 1 aliphatic rings. The molecule has 0 aliphatic carbocycles. The zero-order valence-corrected chi connectivity index (χ0v) is 14.5. The zero-order chi connectivity index (χ0) is 16.1. The molecule has 1 aromatic carbocycles. The van der Waals surface area contributed by atoms with Gasteiger partial charge in [-0.25, -0.2) is 0 Å². The summed E-state index contributed by atoms with van der Waals surface area (Å²) in [6.45, 7) is 6.25. The van der Waals surface area contributed by atoms with Gasteiger partial charge in [-0.05, 0) is 50.4 Å². The molecule has 122 valence electrons. The number of amides is 1. The summed E-state index contributed by atoms with van der Waals surface area (Å²) >= 11 is 0.